The van der Waals surface area contributed by atoms with Gasteiger partial charge in [-0.3, -0.25) is 0 Å². The minimum atomic E-state index is 0.914. The van der Waals surface area contributed by atoms with Gasteiger partial charge in [0.2, 0.25) is 0 Å². The number of piperidine rings is 1. The standard InChI is InChI=1S/C13H19NS/c1-11-3-2-4-13(9-11)15-10-12-5-7-14-8-6-12/h2-4,9,12,14H,5-8,10H2,1H3. The molecule has 2 heteroatoms. The van der Waals surface area contributed by atoms with Crippen molar-refractivity contribution in [1.29, 1.82) is 0 Å². The molecular formula is C13H19NS. The van der Waals surface area contributed by atoms with E-state index in [4.69, 9.17) is 0 Å². The number of benzene rings is 1. The lowest BCUT2D eigenvalue weighted by molar-refractivity contribution is 0.408. The Kier molecular flexibility index (Phi) is 4.09. The minimum absolute atomic E-state index is 0.914. The average molecular weight is 221 g/mol. The Morgan fingerprint density at radius 1 is 1.33 bits per heavy atom. The predicted molar refractivity (Wildman–Crippen MR) is 67.5 cm³/mol. The summed E-state index contributed by atoms with van der Waals surface area (Å²) >= 11 is 2.01. The van der Waals surface area contributed by atoms with Crippen LogP contribution in [0.2, 0.25) is 0 Å². The highest BCUT2D eigenvalue weighted by Crippen LogP contribution is 2.25. The van der Waals surface area contributed by atoms with Crippen molar-refractivity contribution in [3.05, 3.63) is 29.8 Å². The average Bonchev–Trinajstić information content (AvgIpc) is 2.28. The van der Waals surface area contributed by atoms with Gasteiger partial charge in [-0.2, -0.15) is 0 Å². The van der Waals surface area contributed by atoms with Gasteiger partial charge >= 0.3 is 0 Å². The summed E-state index contributed by atoms with van der Waals surface area (Å²) in [7, 11) is 0. The Bertz CT molecular complexity index is 305. The van der Waals surface area contributed by atoms with Crippen LogP contribution in [0, 0.1) is 12.8 Å². The summed E-state index contributed by atoms with van der Waals surface area (Å²) in [5.41, 5.74) is 1.37. The second-order valence-corrected chi connectivity index (χ2v) is 5.41. The fourth-order valence-electron chi connectivity index (χ4n) is 1.97. The predicted octanol–water partition coefficient (Wildman–Crippen LogP) is 3.09. The summed E-state index contributed by atoms with van der Waals surface area (Å²) in [6.45, 7) is 4.58. The van der Waals surface area contributed by atoms with Crippen molar-refractivity contribution in [1.82, 2.24) is 5.32 Å². The Morgan fingerprint density at radius 2 is 2.13 bits per heavy atom. The van der Waals surface area contributed by atoms with Crippen molar-refractivity contribution in [2.24, 2.45) is 5.92 Å². The first kappa shape index (κ1) is 11.0. The smallest absolute Gasteiger partial charge is 0.00746 e. The fraction of sp³-hybridized carbons (Fsp3) is 0.538. The topological polar surface area (TPSA) is 12.0 Å². The summed E-state index contributed by atoms with van der Waals surface area (Å²) in [5.74, 6) is 2.20. The lowest BCUT2D eigenvalue weighted by Gasteiger charge is -2.22. The SMILES string of the molecule is Cc1cccc(SCC2CCNCC2)c1. The molecular weight excluding hydrogens is 202 g/mol. The molecule has 1 saturated heterocycles. The van der Waals surface area contributed by atoms with Gasteiger partial charge in [-0.25, -0.2) is 0 Å². The molecule has 0 aliphatic carbocycles. The third kappa shape index (κ3) is 3.54. The molecule has 1 nitrogen and oxygen atoms in total. The van der Waals surface area contributed by atoms with Crippen molar-refractivity contribution in [3.63, 3.8) is 0 Å². The molecule has 2 rings (SSSR count). The molecule has 0 unspecified atom stereocenters. The van der Waals surface area contributed by atoms with Crippen molar-refractivity contribution < 1.29 is 0 Å². The maximum absolute atomic E-state index is 3.41. The first-order valence-corrected chi connectivity index (χ1v) is 6.73. The van der Waals surface area contributed by atoms with E-state index in [1.54, 1.807) is 0 Å². The van der Waals surface area contributed by atoms with E-state index in [1.807, 2.05) is 11.8 Å². The highest BCUT2D eigenvalue weighted by molar-refractivity contribution is 7.99. The second kappa shape index (κ2) is 5.57. The van der Waals surface area contributed by atoms with E-state index in [0.717, 1.165) is 5.92 Å². The number of hydrogen-bond donors (Lipinski definition) is 1. The van der Waals surface area contributed by atoms with Gasteiger partial charge in [0.15, 0.2) is 0 Å². The molecule has 0 atom stereocenters. The Hall–Kier alpha value is -0.470. The number of rotatable bonds is 3. The molecule has 1 N–H and O–H groups in total. The molecule has 0 amide bonds. The van der Waals surface area contributed by atoms with E-state index >= 15 is 0 Å². The monoisotopic (exact) mass is 221 g/mol. The molecule has 1 heterocycles. The third-order valence-corrected chi connectivity index (χ3v) is 4.16. The normalized spacial score (nSPS) is 17.9. The fourth-order valence-corrected chi connectivity index (χ4v) is 3.17. The maximum atomic E-state index is 3.41. The molecule has 1 aromatic rings. The number of thioether (sulfide) groups is 1. The van der Waals surface area contributed by atoms with Gasteiger partial charge in [0, 0.05) is 10.6 Å². The molecule has 0 spiro atoms. The van der Waals surface area contributed by atoms with E-state index < -0.39 is 0 Å². The summed E-state index contributed by atoms with van der Waals surface area (Å²) < 4.78 is 0. The summed E-state index contributed by atoms with van der Waals surface area (Å²) in [6.07, 6.45) is 2.69. The van der Waals surface area contributed by atoms with Gasteiger partial charge in [0.25, 0.3) is 0 Å². The van der Waals surface area contributed by atoms with Crippen LogP contribution in [0.25, 0.3) is 0 Å². The van der Waals surface area contributed by atoms with Crippen LogP contribution in [0.4, 0.5) is 0 Å². The van der Waals surface area contributed by atoms with Crippen LogP contribution in [-0.2, 0) is 0 Å². The Labute approximate surface area is 96.7 Å². The summed E-state index contributed by atoms with van der Waals surface area (Å²) in [5, 5.41) is 3.41. The van der Waals surface area contributed by atoms with E-state index in [2.05, 4.69) is 36.5 Å². The summed E-state index contributed by atoms with van der Waals surface area (Å²) in [6, 6.07) is 8.82. The largest absolute Gasteiger partial charge is 0.317 e. The van der Waals surface area contributed by atoms with Crippen LogP contribution < -0.4 is 5.32 Å². The van der Waals surface area contributed by atoms with Gasteiger partial charge in [-0.05, 0) is 50.9 Å². The molecule has 0 aromatic heterocycles. The molecule has 0 saturated carbocycles. The quantitative estimate of drug-likeness (QED) is 0.787. The maximum Gasteiger partial charge on any atom is 0.00746 e. The van der Waals surface area contributed by atoms with Gasteiger partial charge in [0.1, 0.15) is 0 Å². The number of hydrogen-bond acceptors (Lipinski definition) is 2. The molecule has 15 heavy (non-hydrogen) atoms. The third-order valence-electron chi connectivity index (χ3n) is 2.93. The van der Waals surface area contributed by atoms with E-state index in [0.29, 0.717) is 0 Å². The van der Waals surface area contributed by atoms with Crippen LogP contribution in [0.15, 0.2) is 29.2 Å². The Morgan fingerprint density at radius 3 is 2.87 bits per heavy atom. The molecule has 82 valence electrons. The molecule has 0 bridgehead atoms. The van der Waals surface area contributed by atoms with Gasteiger partial charge in [-0.15, -0.1) is 11.8 Å². The zero-order chi connectivity index (χ0) is 10.5. The van der Waals surface area contributed by atoms with Crippen LogP contribution in [-0.4, -0.2) is 18.8 Å². The molecule has 0 radical (unpaired) electrons. The van der Waals surface area contributed by atoms with E-state index in [9.17, 15) is 0 Å². The van der Waals surface area contributed by atoms with E-state index in [-0.39, 0.29) is 0 Å². The Balaban J connectivity index is 1.81. The zero-order valence-electron chi connectivity index (χ0n) is 9.33. The van der Waals surface area contributed by atoms with Crippen molar-refractivity contribution in [2.75, 3.05) is 18.8 Å². The zero-order valence-corrected chi connectivity index (χ0v) is 10.1. The van der Waals surface area contributed by atoms with Gasteiger partial charge in [0.05, 0.1) is 0 Å². The van der Waals surface area contributed by atoms with Crippen molar-refractivity contribution >= 4 is 11.8 Å². The minimum Gasteiger partial charge on any atom is -0.317 e. The molecule has 1 aliphatic heterocycles. The summed E-state index contributed by atoms with van der Waals surface area (Å²) in [4.78, 5) is 1.42. The lowest BCUT2D eigenvalue weighted by Crippen LogP contribution is -2.28. The first-order valence-electron chi connectivity index (χ1n) is 5.75. The number of nitrogens with one attached hydrogen (secondary N) is 1. The second-order valence-electron chi connectivity index (χ2n) is 4.32. The van der Waals surface area contributed by atoms with Gasteiger partial charge < -0.3 is 5.32 Å². The van der Waals surface area contributed by atoms with Crippen molar-refractivity contribution in [3.8, 4) is 0 Å². The number of aryl methyl sites for hydroxylation is 1. The van der Waals surface area contributed by atoms with Crippen LogP contribution in [0.1, 0.15) is 18.4 Å². The van der Waals surface area contributed by atoms with Gasteiger partial charge in [-0.1, -0.05) is 17.7 Å². The molecule has 1 fully saturated rings. The van der Waals surface area contributed by atoms with Crippen LogP contribution in [0.3, 0.4) is 0 Å². The van der Waals surface area contributed by atoms with Crippen LogP contribution >= 0.6 is 11.8 Å². The van der Waals surface area contributed by atoms with Crippen molar-refractivity contribution in [2.45, 2.75) is 24.7 Å². The molecule has 1 aliphatic rings. The first-order chi connectivity index (χ1) is 7.34. The van der Waals surface area contributed by atoms with Crippen LogP contribution in [0.5, 0.6) is 0 Å². The highest BCUT2D eigenvalue weighted by atomic mass is 32.2. The lowest BCUT2D eigenvalue weighted by atomic mass is 10.0. The van der Waals surface area contributed by atoms with E-state index in [1.165, 1.54) is 42.1 Å². The highest BCUT2D eigenvalue weighted by Gasteiger charge is 2.12. The molecule has 1 aromatic carbocycles.